The van der Waals surface area contributed by atoms with Crippen LogP contribution in [0.4, 0.5) is 4.39 Å². The van der Waals surface area contributed by atoms with Crippen LogP contribution >= 0.6 is 0 Å². The first-order valence-corrected chi connectivity index (χ1v) is 7.90. The van der Waals surface area contributed by atoms with Crippen LogP contribution in [0.2, 0.25) is 0 Å². The monoisotopic (exact) mass is 290 g/mol. The number of hydrogen-bond donors (Lipinski definition) is 0. The molecule has 1 saturated heterocycles. The van der Waals surface area contributed by atoms with E-state index in [1.165, 1.54) is 25.0 Å². The van der Waals surface area contributed by atoms with E-state index in [-0.39, 0.29) is 11.7 Å². The van der Waals surface area contributed by atoms with Gasteiger partial charge in [0.2, 0.25) is 5.91 Å². The number of halogens is 1. The van der Waals surface area contributed by atoms with Crippen molar-refractivity contribution in [3.8, 4) is 0 Å². The van der Waals surface area contributed by atoms with Crippen molar-refractivity contribution in [3.05, 3.63) is 35.6 Å². The van der Waals surface area contributed by atoms with Crippen molar-refractivity contribution >= 4 is 5.91 Å². The molecule has 1 aromatic carbocycles. The summed E-state index contributed by atoms with van der Waals surface area (Å²) in [6.07, 6.45) is 3.11. The Morgan fingerprint density at radius 3 is 2.38 bits per heavy atom. The number of amides is 1. The fourth-order valence-electron chi connectivity index (χ4n) is 3.14. The molecule has 3 nitrogen and oxygen atoms in total. The van der Waals surface area contributed by atoms with Crippen molar-refractivity contribution in [2.45, 2.75) is 32.2 Å². The molecule has 1 heterocycles. The molecule has 0 N–H and O–H groups in total. The summed E-state index contributed by atoms with van der Waals surface area (Å²) in [7, 11) is 0. The summed E-state index contributed by atoms with van der Waals surface area (Å²) in [5, 5.41) is 0. The second-order valence-electron chi connectivity index (χ2n) is 6.30. The SMILES string of the molecule is CC(C1CC1)N1CCN(C(=O)Cc2ccc(F)cc2)CC1. The van der Waals surface area contributed by atoms with Crippen molar-refractivity contribution in [1.82, 2.24) is 9.80 Å². The van der Waals surface area contributed by atoms with Gasteiger partial charge in [-0.1, -0.05) is 12.1 Å². The average Bonchev–Trinajstić information content (AvgIpc) is 3.34. The highest BCUT2D eigenvalue weighted by Crippen LogP contribution is 2.35. The molecule has 4 heteroatoms. The Labute approximate surface area is 125 Å². The zero-order valence-corrected chi connectivity index (χ0v) is 12.6. The van der Waals surface area contributed by atoms with Gasteiger partial charge < -0.3 is 4.90 Å². The van der Waals surface area contributed by atoms with Gasteiger partial charge in [0, 0.05) is 32.2 Å². The molecular weight excluding hydrogens is 267 g/mol. The Hall–Kier alpha value is -1.42. The van der Waals surface area contributed by atoms with Crippen LogP contribution in [0.1, 0.15) is 25.3 Å². The van der Waals surface area contributed by atoms with Crippen LogP contribution in [0.3, 0.4) is 0 Å². The number of benzene rings is 1. The van der Waals surface area contributed by atoms with Crippen molar-refractivity contribution in [2.24, 2.45) is 5.92 Å². The lowest BCUT2D eigenvalue weighted by atomic mass is 10.1. The summed E-state index contributed by atoms with van der Waals surface area (Å²) in [6.45, 7) is 5.90. The molecule has 1 aliphatic heterocycles. The molecule has 3 rings (SSSR count). The third-order valence-corrected chi connectivity index (χ3v) is 4.82. The predicted molar refractivity (Wildman–Crippen MR) is 80.4 cm³/mol. The van der Waals surface area contributed by atoms with Gasteiger partial charge in [-0.25, -0.2) is 4.39 Å². The van der Waals surface area contributed by atoms with Crippen LogP contribution in [0.25, 0.3) is 0 Å². The van der Waals surface area contributed by atoms with Gasteiger partial charge in [-0.2, -0.15) is 0 Å². The first kappa shape index (κ1) is 14.5. The van der Waals surface area contributed by atoms with E-state index in [2.05, 4.69) is 11.8 Å². The van der Waals surface area contributed by atoms with E-state index in [9.17, 15) is 9.18 Å². The molecule has 1 saturated carbocycles. The summed E-state index contributed by atoms with van der Waals surface area (Å²) in [4.78, 5) is 16.7. The van der Waals surface area contributed by atoms with Crippen LogP contribution in [0, 0.1) is 11.7 Å². The normalized spacial score (nSPS) is 21.3. The third kappa shape index (κ3) is 3.62. The molecule has 1 unspecified atom stereocenters. The molecular formula is C17H23FN2O. The Balaban J connectivity index is 1.49. The number of rotatable bonds is 4. The predicted octanol–water partition coefficient (Wildman–Crippen LogP) is 2.31. The van der Waals surface area contributed by atoms with E-state index in [1.807, 2.05) is 4.90 Å². The largest absolute Gasteiger partial charge is 0.340 e. The molecule has 0 aromatic heterocycles. The molecule has 1 amide bonds. The number of piperazine rings is 1. The molecule has 2 aliphatic rings. The van der Waals surface area contributed by atoms with Crippen molar-refractivity contribution in [3.63, 3.8) is 0 Å². The summed E-state index contributed by atoms with van der Waals surface area (Å²) < 4.78 is 12.9. The fourth-order valence-corrected chi connectivity index (χ4v) is 3.14. The standard InChI is InChI=1S/C17H23FN2O/c1-13(15-4-5-15)19-8-10-20(11-9-19)17(21)12-14-2-6-16(18)7-3-14/h2-3,6-7,13,15H,4-5,8-12H2,1H3. The molecule has 114 valence electrons. The van der Waals surface area contributed by atoms with Gasteiger partial charge in [-0.05, 0) is 43.4 Å². The van der Waals surface area contributed by atoms with Gasteiger partial charge >= 0.3 is 0 Å². The molecule has 2 fully saturated rings. The van der Waals surface area contributed by atoms with Crippen LogP contribution < -0.4 is 0 Å². The van der Waals surface area contributed by atoms with Crippen LogP contribution in [-0.2, 0) is 11.2 Å². The highest BCUT2D eigenvalue weighted by atomic mass is 19.1. The summed E-state index contributed by atoms with van der Waals surface area (Å²) in [5.74, 6) is 0.778. The van der Waals surface area contributed by atoms with E-state index in [4.69, 9.17) is 0 Å². The van der Waals surface area contributed by atoms with Gasteiger partial charge in [-0.15, -0.1) is 0 Å². The van der Waals surface area contributed by atoms with Gasteiger partial charge in [0.15, 0.2) is 0 Å². The van der Waals surface area contributed by atoms with E-state index < -0.39 is 0 Å². The van der Waals surface area contributed by atoms with Gasteiger partial charge in [-0.3, -0.25) is 9.69 Å². The van der Waals surface area contributed by atoms with Crippen molar-refractivity contribution in [1.29, 1.82) is 0 Å². The molecule has 0 spiro atoms. The first-order valence-electron chi connectivity index (χ1n) is 7.90. The molecule has 1 aromatic rings. The highest BCUT2D eigenvalue weighted by molar-refractivity contribution is 5.78. The lowest BCUT2D eigenvalue weighted by Crippen LogP contribution is -2.52. The second kappa shape index (κ2) is 6.14. The highest BCUT2D eigenvalue weighted by Gasteiger charge is 2.33. The van der Waals surface area contributed by atoms with Crippen LogP contribution in [-0.4, -0.2) is 47.9 Å². The van der Waals surface area contributed by atoms with E-state index in [0.29, 0.717) is 12.5 Å². The lowest BCUT2D eigenvalue weighted by Gasteiger charge is -2.38. The van der Waals surface area contributed by atoms with Crippen LogP contribution in [0.5, 0.6) is 0 Å². The zero-order valence-electron chi connectivity index (χ0n) is 12.6. The van der Waals surface area contributed by atoms with Crippen molar-refractivity contribution in [2.75, 3.05) is 26.2 Å². The second-order valence-corrected chi connectivity index (χ2v) is 6.30. The summed E-state index contributed by atoms with van der Waals surface area (Å²) in [5.41, 5.74) is 0.884. The van der Waals surface area contributed by atoms with Gasteiger partial charge in [0.1, 0.15) is 5.82 Å². The maximum atomic E-state index is 12.9. The minimum Gasteiger partial charge on any atom is -0.340 e. The zero-order chi connectivity index (χ0) is 14.8. The lowest BCUT2D eigenvalue weighted by molar-refractivity contribution is -0.132. The van der Waals surface area contributed by atoms with E-state index in [1.54, 1.807) is 12.1 Å². The summed E-state index contributed by atoms with van der Waals surface area (Å²) >= 11 is 0. The minimum absolute atomic E-state index is 0.153. The van der Waals surface area contributed by atoms with Gasteiger partial charge in [0.25, 0.3) is 0 Å². The third-order valence-electron chi connectivity index (χ3n) is 4.82. The topological polar surface area (TPSA) is 23.6 Å². The van der Waals surface area contributed by atoms with E-state index in [0.717, 1.165) is 37.7 Å². The number of hydrogen-bond acceptors (Lipinski definition) is 2. The number of carbonyl (C=O) groups excluding carboxylic acids is 1. The smallest absolute Gasteiger partial charge is 0.227 e. The molecule has 0 radical (unpaired) electrons. The molecule has 0 bridgehead atoms. The Kier molecular flexibility index (Phi) is 4.24. The quantitative estimate of drug-likeness (QED) is 0.849. The molecule has 1 atom stereocenters. The Morgan fingerprint density at radius 1 is 1.19 bits per heavy atom. The molecule has 21 heavy (non-hydrogen) atoms. The Morgan fingerprint density at radius 2 is 1.81 bits per heavy atom. The molecule has 1 aliphatic carbocycles. The van der Waals surface area contributed by atoms with Crippen molar-refractivity contribution < 1.29 is 9.18 Å². The van der Waals surface area contributed by atoms with Gasteiger partial charge in [0.05, 0.1) is 6.42 Å². The maximum Gasteiger partial charge on any atom is 0.227 e. The first-order chi connectivity index (χ1) is 10.1. The maximum absolute atomic E-state index is 12.9. The van der Waals surface area contributed by atoms with Crippen LogP contribution in [0.15, 0.2) is 24.3 Å². The number of nitrogens with zero attached hydrogens (tertiary/aromatic N) is 2. The fraction of sp³-hybridized carbons (Fsp3) is 0.588. The minimum atomic E-state index is -0.256. The average molecular weight is 290 g/mol. The summed E-state index contributed by atoms with van der Waals surface area (Å²) in [6, 6.07) is 6.88. The Bertz CT molecular complexity index is 490. The van der Waals surface area contributed by atoms with E-state index >= 15 is 0 Å². The number of carbonyl (C=O) groups is 1.